The molecule has 2 atom stereocenters. The van der Waals surface area contributed by atoms with Gasteiger partial charge in [-0.2, -0.15) is 0 Å². The van der Waals surface area contributed by atoms with Gasteiger partial charge in [-0.1, -0.05) is 42.5 Å². The van der Waals surface area contributed by atoms with E-state index in [9.17, 15) is 18.1 Å². The van der Waals surface area contributed by atoms with Gasteiger partial charge >= 0.3 is 0 Å². The van der Waals surface area contributed by atoms with Gasteiger partial charge < -0.3 is 5.11 Å². The van der Waals surface area contributed by atoms with Crippen LogP contribution in [0.5, 0.6) is 5.75 Å². The van der Waals surface area contributed by atoms with Crippen molar-refractivity contribution in [2.75, 3.05) is 19.6 Å². The summed E-state index contributed by atoms with van der Waals surface area (Å²) in [5, 5.41) is 9.62. The van der Waals surface area contributed by atoms with Gasteiger partial charge in [0.15, 0.2) is 0 Å². The van der Waals surface area contributed by atoms with Gasteiger partial charge in [0.05, 0.1) is 27.5 Å². The number of benzene rings is 2. The first-order valence-corrected chi connectivity index (χ1v) is 9.98. The normalized spacial score (nSPS) is 19.5. The monoisotopic (exact) mass is 379 g/mol. The van der Waals surface area contributed by atoms with Gasteiger partial charge in [0.2, 0.25) is 0 Å². The molecule has 1 aliphatic rings. The number of para-hydroxylation sites is 1. The molecule has 26 heavy (non-hydrogen) atoms. The minimum absolute atomic E-state index is 0.00234. The van der Waals surface area contributed by atoms with Gasteiger partial charge in [0.1, 0.15) is 5.75 Å². The Kier molecular flexibility index (Phi) is 6.04. The molecule has 0 aromatic heterocycles. The molecule has 0 aliphatic carbocycles. The predicted molar refractivity (Wildman–Crippen MR) is 99.1 cm³/mol. The van der Waals surface area contributed by atoms with E-state index in [0.717, 1.165) is 5.56 Å². The summed E-state index contributed by atoms with van der Waals surface area (Å²) in [6.45, 7) is 0.557. The Hall–Kier alpha value is -1.79. The highest BCUT2D eigenvalue weighted by Gasteiger charge is 2.36. The van der Waals surface area contributed by atoms with Crippen molar-refractivity contribution in [1.82, 2.24) is 4.90 Å². The van der Waals surface area contributed by atoms with E-state index in [0.29, 0.717) is 30.8 Å². The molecule has 3 nitrogen and oxygen atoms in total. The summed E-state index contributed by atoms with van der Waals surface area (Å²) >= 11 is 0. The van der Waals surface area contributed by atoms with Crippen LogP contribution in [0.1, 0.15) is 18.4 Å². The van der Waals surface area contributed by atoms with Crippen LogP contribution in [0.2, 0.25) is 0 Å². The number of hydrogen-bond acceptors (Lipinski definition) is 3. The van der Waals surface area contributed by atoms with Crippen molar-refractivity contribution in [1.29, 1.82) is 0 Å². The van der Waals surface area contributed by atoms with Crippen LogP contribution in [0.4, 0.5) is 8.78 Å². The van der Waals surface area contributed by atoms with Crippen LogP contribution in [-0.4, -0.2) is 45.0 Å². The Bertz CT molecular complexity index is 754. The SMILES string of the molecule is O=S(c1ccccc1O)C1CCN(CC(F)(F)CCc2ccccc2)C1. The van der Waals surface area contributed by atoms with Crippen LogP contribution in [0, 0.1) is 0 Å². The lowest BCUT2D eigenvalue weighted by molar-refractivity contribution is -0.0339. The van der Waals surface area contributed by atoms with Crippen molar-refractivity contribution >= 4 is 10.8 Å². The molecule has 1 heterocycles. The van der Waals surface area contributed by atoms with E-state index in [-0.39, 0.29) is 24.0 Å². The van der Waals surface area contributed by atoms with Crippen LogP contribution in [-0.2, 0) is 17.2 Å². The quantitative estimate of drug-likeness (QED) is 0.795. The lowest BCUT2D eigenvalue weighted by Crippen LogP contribution is -2.36. The third kappa shape index (κ3) is 4.89. The third-order valence-electron chi connectivity index (χ3n) is 4.69. The molecule has 2 unspecified atom stereocenters. The van der Waals surface area contributed by atoms with Crippen LogP contribution in [0.15, 0.2) is 59.5 Å². The second kappa shape index (κ2) is 8.27. The lowest BCUT2D eigenvalue weighted by atomic mass is 10.1. The van der Waals surface area contributed by atoms with Crippen molar-refractivity contribution in [2.45, 2.75) is 35.3 Å². The van der Waals surface area contributed by atoms with E-state index in [2.05, 4.69) is 0 Å². The predicted octanol–water partition coefficient (Wildman–Crippen LogP) is 3.84. The van der Waals surface area contributed by atoms with Crippen molar-refractivity contribution in [2.24, 2.45) is 0 Å². The number of nitrogens with zero attached hydrogens (tertiary/aromatic N) is 1. The average Bonchev–Trinajstić information content (AvgIpc) is 3.08. The molecule has 3 rings (SSSR count). The van der Waals surface area contributed by atoms with Gasteiger partial charge in [-0.3, -0.25) is 9.11 Å². The number of likely N-dealkylation sites (tertiary alicyclic amines) is 1. The number of aromatic hydroxyl groups is 1. The summed E-state index contributed by atoms with van der Waals surface area (Å²) in [5.41, 5.74) is 0.909. The van der Waals surface area contributed by atoms with Gasteiger partial charge in [-0.15, -0.1) is 0 Å². The van der Waals surface area contributed by atoms with E-state index in [1.807, 2.05) is 30.3 Å². The highest BCUT2D eigenvalue weighted by Crippen LogP contribution is 2.29. The van der Waals surface area contributed by atoms with E-state index >= 15 is 0 Å². The average molecular weight is 379 g/mol. The second-order valence-electron chi connectivity index (χ2n) is 6.75. The van der Waals surface area contributed by atoms with Gasteiger partial charge in [0.25, 0.3) is 5.92 Å². The molecular formula is C20H23F2NO2S. The fourth-order valence-electron chi connectivity index (χ4n) is 3.30. The van der Waals surface area contributed by atoms with Crippen LogP contribution < -0.4 is 0 Å². The largest absolute Gasteiger partial charge is 0.507 e. The first-order chi connectivity index (χ1) is 12.4. The van der Waals surface area contributed by atoms with Crippen LogP contribution in [0.3, 0.4) is 0 Å². The fourth-order valence-corrected chi connectivity index (χ4v) is 4.81. The number of halogens is 2. The number of phenols is 1. The Morgan fingerprint density at radius 3 is 2.54 bits per heavy atom. The maximum Gasteiger partial charge on any atom is 0.260 e. The standard InChI is InChI=1S/C20H23F2NO2S/c21-20(22,12-10-16-6-2-1-3-7-16)15-23-13-11-17(14-23)26(25)19-9-5-4-8-18(19)24/h1-9,17,24H,10-15H2. The van der Waals surface area contributed by atoms with E-state index < -0.39 is 16.7 Å². The highest BCUT2D eigenvalue weighted by molar-refractivity contribution is 7.85. The zero-order valence-corrected chi connectivity index (χ0v) is 15.3. The second-order valence-corrected chi connectivity index (χ2v) is 8.45. The molecule has 6 heteroatoms. The van der Waals surface area contributed by atoms with Gasteiger partial charge in [-0.25, -0.2) is 8.78 Å². The molecule has 2 aromatic rings. The Morgan fingerprint density at radius 2 is 1.81 bits per heavy atom. The number of alkyl halides is 2. The Morgan fingerprint density at radius 1 is 1.12 bits per heavy atom. The molecule has 0 bridgehead atoms. The zero-order chi connectivity index (χ0) is 18.6. The summed E-state index contributed by atoms with van der Waals surface area (Å²) < 4.78 is 41.3. The van der Waals surface area contributed by atoms with Crippen molar-refractivity contribution in [3.05, 3.63) is 60.2 Å². The smallest absolute Gasteiger partial charge is 0.260 e. The first kappa shape index (κ1) is 19.0. The Balaban J connectivity index is 1.53. The third-order valence-corrected chi connectivity index (χ3v) is 6.46. The number of aryl methyl sites for hydroxylation is 1. The molecule has 1 saturated heterocycles. The van der Waals surface area contributed by atoms with E-state index in [1.54, 1.807) is 23.1 Å². The molecule has 0 amide bonds. The zero-order valence-electron chi connectivity index (χ0n) is 14.5. The van der Waals surface area contributed by atoms with Crippen LogP contribution >= 0.6 is 0 Å². The minimum Gasteiger partial charge on any atom is -0.507 e. The Labute approximate surface area is 155 Å². The number of hydrogen-bond donors (Lipinski definition) is 1. The van der Waals surface area contributed by atoms with Gasteiger partial charge in [0, 0.05) is 13.0 Å². The maximum atomic E-state index is 14.3. The first-order valence-electron chi connectivity index (χ1n) is 8.77. The maximum absolute atomic E-state index is 14.3. The highest BCUT2D eigenvalue weighted by atomic mass is 32.2. The molecule has 140 valence electrons. The topological polar surface area (TPSA) is 40.5 Å². The molecule has 0 radical (unpaired) electrons. The molecule has 1 N–H and O–H groups in total. The van der Waals surface area contributed by atoms with Crippen molar-refractivity contribution < 1.29 is 18.1 Å². The summed E-state index contributed by atoms with van der Waals surface area (Å²) in [4.78, 5) is 2.07. The van der Waals surface area contributed by atoms with Crippen LogP contribution in [0.25, 0.3) is 0 Å². The molecular weight excluding hydrogens is 356 g/mol. The fraction of sp³-hybridized carbons (Fsp3) is 0.400. The van der Waals surface area contributed by atoms with Crippen molar-refractivity contribution in [3.8, 4) is 5.75 Å². The minimum atomic E-state index is -2.78. The molecule has 0 spiro atoms. The lowest BCUT2D eigenvalue weighted by Gasteiger charge is -2.23. The van der Waals surface area contributed by atoms with E-state index in [1.165, 1.54) is 6.07 Å². The van der Waals surface area contributed by atoms with E-state index in [4.69, 9.17) is 0 Å². The number of phenolic OH excluding ortho intramolecular Hbond substituents is 1. The van der Waals surface area contributed by atoms with Gasteiger partial charge in [-0.05, 0) is 37.1 Å². The summed E-state index contributed by atoms with van der Waals surface area (Å²) in [5.74, 6) is -2.78. The summed E-state index contributed by atoms with van der Waals surface area (Å²) in [6, 6.07) is 15.8. The summed E-state index contributed by atoms with van der Waals surface area (Å²) in [7, 11) is -1.39. The van der Waals surface area contributed by atoms with Crippen molar-refractivity contribution in [3.63, 3.8) is 0 Å². The summed E-state index contributed by atoms with van der Waals surface area (Å²) in [6.07, 6.45) is 0.741. The molecule has 2 aromatic carbocycles. The molecule has 1 aliphatic heterocycles. The molecule has 0 saturated carbocycles. The molecule has 1 fully saturated rings. The number of rotatable bonds is 7.